The molecule has 0 aliphatic carbocycles. The molecule has 1 aromatic rings. The van der Waals surface area contributed by atoms with Gasteiger partial charge in [-0.15, -0.1) is 0 Å². The van der Waals surface area contributed by atoms with Gasteiger partial charge in [-0.1, -0.05) is 46.4 Å². The summed E-state index contributed by atoms with van der Waals surface area (Å²) in [5.74, 6) is -1.26. The van der Waals surface area contributed by atoms with Crippen molar-refractivity contribution in [2.24, 2.45) is 0 Å². The fourth-order valence-corrected chi connectivity index (χ4v) is 1.58. The number of alkyl halides is 6. The molecule has 1 aromatic carbocycles. The van der Waals surface area contributed by atoms with E-state index in [1.54, 1.807) is 0 Å². The van der Waals surface area contributed by atoms with Crippen molar-refractivity contribution in [3.8, 4) is 0 Å². The largest absolute Gasteiger partial charge is 0.417 e. The molecule has 0 saturated carbocycles. The van der Waals surface area contributed by atoms with Gasteiger partial charge in [-0.2, -0.15) is 13.2 Å². The SMILES string of the molecule is O=C(c1ccc(Cl)cc1C(F)(F)F)C(Cl)(Cl)Cl. The van der Waals surface area contributed by atoms with Crippen LogP contribution in [-0.4, -0.2) is 9.58 Å². The van der Waals surface area contributed by atoms with Crippen molar-refractivity contribution in [1.29, 1.82) is 0 Å². The molecule has 0 bridgehead atoms. The molecule has 0 spiro atoms. The highest BCUT2D eigenvalue weighted by Gasteiger charge is 2.40. The predicted octanol–water partition coefficient (Wildman–Crippen LogP) is 4.91. The summed E-state index contributed by atoms with van der Waals surface area (Å²) in [6, 6.07) is 2.58. The van der Waals surface area contributed by atoms with Crippen molar-refractivity contribution >= 4 is 52.2 Å². The van der Waals surface area contributed by atoms with E-state index in [2.05, 4.69) is 0 Å². The van der Waals surface area contributed by atoms with Crippen LogP contribution in [0.4, 0.5) is 13.2 Å². The van der Waals surface area contributed by atoms with Crippen molar-refractivity contribution < 1.29 is 18.0 Å². The third kappa shape index (κ3) is 3.65. The summed E-state index contributed by atoms with van der Waals surface area (Å²) in [5, 5.41) is -0.168. The van der Waals surface area contributed by atoms with Gasteiger partial charge in [0.1, 0.15) is 0 Å². The van der Waals surface area contributed by atoms with Crippen LogP contribution >= 0.6 is 46.4 Å². The van der Waals surface area contributed by atoms with Gasteiger partial charge in [-0.25, -0.2) is 0 Å². The second-order valence-electron chi connectivity index (χ2n) is 3.01. The predicted molar refractivity (Wildman–Crippen MR) is 61.1 cm³/mol. The molecule has 0 amide bonds. The van der Waals surface area contributed by atoms with Crippen molar-refractivity contribution in [2.45, 2.75) is 9.97 Å². The van der Waals surface area contributed by atoms with Crippen LogP contribution in [0.1, 0.15) is 15.9 Å². The molecule has 0 heterocycles. The summed E-state index contributed by atoms with van der Waals surface area (Å²) >= 11 is 21.2. The number of ketones is 1. The van der Waals surface area contributed by atoms with Gasteiger partial charge in [-0.3, -0.25) is 4.79 Å². The van der Waals surface area contributed by atoms with E-state index in [0.29, 0.717) is 6.07 Å². The molecule has 1 nitrogen and oxygen atoms in total. The van der Waals surface area contributed by atoms with E-state index in [9.17, 15) is 18.0 Å². The molecule has 0 aliphatic heterocycles. The van der Waals surface area contributed by atoms with E-state index in [0.717, 1.165) is 12.1 Å². The second kappa shape index (κ2) is 4.84. The second-order valence-corrected chi connectivity index (χ2v) is 5.73. The molecular weight excluding hydrogens is 323 g/mol. The lowest BCUT2D eigenvalue weighted by Crippen LogP contribution is -2.23. The first-order valence-electron chi connectivity index (χ1n) is 4.02. The fraction of sp³-hybridized carbons (Fsp3) is 0.222. The summed E-state index contributed by atoms with van der Waals surface area (Å²) in [6.07, 6.45) is -4.76. The van der Waals surface area contributed by atoms with Gasteiger partial charge < -0.3 is 0 Å². The molecule has 0 radical (unpaired) electrons. The van der Waals surface area contributed by atoms with Crippen LogP contribution in [0.15, 0.2) is 18.2 Å². The zero-order valence-electron chi connectivity index (χ0n) is 7.79. The van der Waals surface area contributed by atoms with Gasteiger partial charge >= 0.3 is 6.18 Å². The maximum atomic E-state index is 12.6. The third-order valence-electron chi connectivity index (χ3n) is 1.79. The Balaban J connectivity index is 3.40. The normalized spacial score (nSPS) is 12.6. The van der Waals surface area contributed by atoms with Crippen molar-refractivity contribution in [2.75, 3.05) is 0 Å². The molecule has 0 aliphatic rings. The molecule has 1 rings (SSSR count). The van der Waals surface area contributed by atoms with Gasteiger partial charge in [0, 0.05) is 10.6 Å². The lowest BCUT2D eigenvalue weighted by molar-refractivity contribution is -0.137. The lowest BCUT2D eigenvalue weighted by atomic mass is 10.0. The standard InChI is InChI=1S/C9H3Cl4F3O/c10-4-1-2-5(7(17)8(11,12)13)6(3-4)9(14,15)16/h1-3H. The molecule has 0 N–H and O–H groups in total. The van der Waals surface area contributed by atoms with Gasteiger partial charge in [0.05, 0.1) is 5.56 Å². The number of halogens is 7. The Hall–Kier alpha value is -0.160. The Morgan fingerprint density at radius 1 is 1.12 bits per heavy atom. The molecule has 0 saturated heterocycles. The van der Waals surface area contributed by atoms with Gasteiger partial charge in [0.25, 0.3) is 3.79 Å². The Labute approximate surface area is 114 Å². The highest BCUT2D eigenvalue weighted by Crippen LogP contribution is 2.38. The summed E-state index contributed by atoms with van der Waals surface area (Å²) in [5.41, 5.74) is -1.97. The van der Waals surface area contributed by atoms with Crippen LogP contribution in [0.5, 0.6) is 0 Å². The number of benzene rings is 1. The molecule has 0 fully saturated rings. The van der Waals surface area contributed by atoms with Crippen LogP contribution in [0.3, 0.4) is 0 Å². The van der Waals surface area contributed by atoms with E-state index in [1.807, 2.05) is 0 Å². The number of carbonyl (C=O) groups is 1. The Morgan fingerprint density at radius 2 is 1.65 bits per heavy atom. The number of Topliss-reactive ketones (excluding diaryl/α,β-unsaturated/α-hetero) is 1. The summed E-state index contributed by atoms with van der Waals surface area (Å²) in [7, 11) is 0. The van der Waals surface area contributed by atoms with Gasteiger partial charge in [0.15, 0.2) is 0 Å². The molecule has 17 heavy (non-hydrogen) atoms. The highest BCUT2D eigenvalue weighted by molar-refractivity contribution is 6.77. The first-order chi connectivity index (χ1) is 7.53. The van der Waals surface area contributed by atoms with Crippen LogP contribution in [0.25, 0.3) is 0 Å². The van der Waals surface area contributed by atoms with Crippen molar-refractivity contribution in [3.63, 3.8) is 0 Å². The summed E-state index contributed by atoms with van der Waals surface area (Å²) in [6.45, 7) is 0. The Morgan fingerprint density at radius 3 is 2.06 bits per heavy atom. The van der Waals surface area contributed by atoms with E-state index in [1.165, 1.54) is 0 Å². The van der Waals surface area contributed by atoms with Crippen LogP contribution in [0.2, 0.25) is 5.02 Å². The zero-order valence-corrected chi connectivity index (χ0v) is 10.8. The average molecular weight is 326 g/mol. The monoisotopic (exact) mass is 324 g/mol. The highest BCUT2D eigenvalue weighted by atomic mass is 35.6. The summed E-state index contributed by atoms with van der Waals surface area (Å²) < 4.78 is 35.5. The van der Waals surface area contributed by atoms with E-state index < -0.39 is 26.9 Å². The number of hydrogen-bond donors (Lipinski definition) is 0. The topological polar surface area (TPSA) is 17.1 Å². The molecule has 0 atom stereocenters. The average Bonchev–Trinajstić information content (AvgIpc) is 2.14. The Bertz CT molecular complexity index is 451. The van der Waals surface area contributed by atoms with E-state index in [4.69, 9.17) is 46.4 Å². The number of hydrogen-bond acceptors (Lipinski definition) is 1. The van der Waals surface area contributed by atoms with Crippen LogP contribution in [-0.2, 0) is 6.18 Å². The molecule has 0 aromatic heterocycles. The third-order valence-corrected chi connectivity index (χ3v) is 2.54. The molecule has 94 valence electrons. The Kier molecular flexibility index (Phi) is 4.24. The van der Waals surface area contributed by atoms with E-state index >= 15 is 0 Å². The molecular formula is C9H3Cl4F3O. The van der Waals surface area contributed by atoms with Crippen LogP contribution in [0, 0.1) is 0 Å². The van der Waals surface area contributed by atoms with Crippen molar-refractivity contribution in [3.05, 3.63) is 34.3 Å². The van der Waals surface area contributed by atoms with Crippen molar-refractivity contribution in [1.82, 2.24) is 0 Å². The maximum Gasteiger partial charge on any atom is 0.417 e. The smallest absolute Gasteiger partial charge is 0.289 e. The first kappa shape index (κ1) is 14.9. The minimum absolute atomic E-state index is 0.168. The number of carbonyl (C=O) groups excluding carboxylic acids is 1. The van der Waals surface area contributed by atoms with Crippen LogP contribution < -0.4 is 0 Å². The molecule has 8 heteroatoms. The van der Waals surface area contributed by atoms with Gasteiger partial charge in [0.2, 0.25) is 5.78 Å². The zero-order chi connectivity index (χ0) is 13.4. The number of rotatable bonds is 1. The molecule has 0 unspecified atom stereocenters. The fourth-order valence-electron chi connectivity index (χ4n) is 1.10. The maximum absolute atomic E-state index is 12.6. The van der Waals surface area contributed by atoms with Gasteiger partial charge in [-0.05, 0) is 18.2 Å². The minimum atomic E-state index is -4.76. The lowest BCUT2D eigenvalue weighted by Gasteiger charge is -2.15. The minimum Gasteiger partial charge on any atom is -0.289 e. The first-order valence-corrected chi connectivity index (χ1v) is 5.53. The quantitative estimate of drug-likeness (QED) is 0.529. The summed E-state index contributed by atoms with van der Waals surface area (Å²) in [4.78, 5) is 11.5. The van der Waals surface area contributed by atoms with E-state index in [-0.39, 0.29) is 5.02 Å².